The highest BCUT2D eigenvalue weighted by Gasteiger charge is 2.09. The van der Waals surface area contributed by atoms with Crippen LogP contribution in [0.25, 0.3) is 5.95 Å². The van der Waals surface area contributed by atoms with Crippen LogP contribution in [0.3, 0.4) is 0 Å². The van der Waals surface area contributed by atoms with E-state index in [-0.39, 0.29) is 5.69 Å². The second-order valence-electron chi connectivity index (χ2n) is 5.29. The van der Waals surface area contributed by atoms with Gasteiger partial charge in [0, 0.05) is 17.4 Å². The number of imidazole rings is 1. The number of carbonyl (C=O) groups excluding carboxylic acids is 1. The maximum Gasteiger partial charge on any atom is 0.323 e. The van der Waals surface area contributed by atoms with Crippen molar-refractivity contribution in [1.29, 1.82) is 0 Å². The Kier molecular flexibility index (Phi) is 4.38. The number of rotatable bonds is 3. The number of aromatic nitrogens is 4. The molecule has 0 unspecified atom stereocenters. The van der Waals surface area contributed by atoms with Crippen molar-refractivity contribution in [2.75, 3.05) is 10.6 Å². The van der Waals surface area contributed by atoms with Gasteiger partial charge in [-0.3, -0.25) is 4.57 Å². The van der Waals surface area contributed by atoms with Crippen molar-refractivity contribution in [1.82, 2.24) is 19.5 Å². The lowest BCUT2D eigenvalue weighted by atomic mass is 10.3. The van der Waals surface area contributed by atoms with E-state index in [0.29, 0.717) is 11.6 Å². The van der Waals surface area contributed by atoms with Gasteiger partial charge in [0.25, 0.3) is 0 Å². The number of nitrogens with zero attached hydrogens (tertiary/aromatic N) is 4. The van der Waals surface area contributed by atoms with Crippen molar-refractivity contribution in [3.05, 3.63) is 59.9 Å². The van der Waals surface area contributed by atoms with E-state index in [4.69, 9.17) is 0 Å². The lowest BCUT2D eigenvalue weighted by molar-refractivity contribution is 0.262. The van der Waals surface area contributed by atoms with Crippen LogP contribution in [0.1, 0.15) is 11.4 Å². The predicted molar refractivity (Wildman–Crippen MR) is 87.6 cm³/mol. The van der Waals surface area contributed by atoms with Crippen molar-refractivity contribution < 1.29 is 13.6 Å². The summed E-state index contributed by atoms with van der Waals surface area (Å²) in [4.78, 5) is 24.4. The first kappa shape index (κ1) is 16.5. The Morgan fingerprint density at radius 3 is 2.12 bits per heavy atom. The third kappa shape index (κ3) is 3.77. The molecule has 7 nitrogen and oxygen atoms in total. The molecule has 2 amide bonds. The predicted octanol–water partition coefficient (Wildman–Crippen LogP) is 3.20. The van der Waals surface area contributed by atoms with Gasteiger partial charge in [-0.05, 0) is 26.0 Å². The quantitative estimate of drug-likeness (QED) is 0.764. The van der Waals surface area contributed by atoms with E-state index < -0.39 is 17.7 Å². The molecule has 0 spiro atoms. The molecule has 1 aromatic carbocycles. The van der Waals surface area contributed by atoms with Gasteiger partial charge in [-0.2, -0.15) is 0 Å². The molecule has 2 aromatic heterocycles. The second kappa shape index (κ2) is 6.63. The molecule has 25 heavy (non-hydrogen) atoms. The van der Waals surface area contributed by atoms with Gasteiger partial charge in [0.1, 0.15) is 18.0 Å². The number of benzene rings is 1. The Labute approximate surface area is 141 Å². The Hall–Kier alpha value is -3.36. The number of hydrogen-bond acceptors (Lipinski definition) is 4. The van der Waals surface area contributed by atoms with Gasteiger partial charge >= 0.3 is 6.03 Å². The first-order valence-corrected chi connectivity index (χ1v) is 7.29. The Bertz CT molecular complexity index is 903. The molecule has 0 bridgehead atoms. The fourth-order valence-electron chi connectivity index (χ4n) is 2.13. The highest BCUT2D eigenvalue weighted by molar-refractivity contribution is 5.99. The molecule has 0 atom stereocenters. The second-order valence-corrected chi connectivity index (χ2v) is 5.29. The maximum absolute atomic E-state index is 13.1. The molecular weight excluding hydrogens is 330 g/mol. The van der Waals surface area contributed by atoms with Crippen LogP contribution in [-0.2, 0) is 0 Å². The van der Waals surface area contributed by atoms with Crippen LogP contribution in [-0.4, -0.2) is 25.6 Å². The molecule has 128 valence electrons. The molecule has 0 saturated carbocycles. The van der Waals surface area contributed by atoms with Gasteiger partial charge in [-0.1, -0.05) is 0 Å². The molecule has 9 heteroatoms. The summed E-state index contributed by atoms with van der Waals surface area (Å²) < 4.78 is 27.9. The average Bonchev–Trinajstić information content (AvgIpc) is 2.87. The molecule has 0 aliphatic carbocycles. The van der Waals surface area contributed by atoms with E-state index in [0.717, 1.165) is 29.6 Å². The highest BCUT2D eigenvalue weighted by atomic mass is 19.1. The number of anilines is 2. The van der Waals surface area contributed by atoms with Crippen LogP contribution in [0.2, 0.25) is 0 Å². The molecule has 2 N–H and O–H groups in total. The van der Waals surface area contributed by atoms with Gasteiger partial charge in [0.2, 0.25) is 5.95 Å². The molecule has 3 aromatic rings. The average molecular weight is 344 g/mol. The highest BCUT2D eigenvalue weighted by Crippen LogP contribution is 2.14. The number of carbonyl (C=O) groups is 1. The number of hydrogen-bond donors (Lipinski definition) is 2. The fraction of sp³-hybridized carbons (Fsp3) is 0.125. The lowest BCUT2D eigenvalue weighted by Gasteiger charge is -2.08. The molecule has 0 aliphatic heterocycles. The summed E-state index contributed by atoms with van der Waals surface area (Å²) in [5.41, 5.74) is 2.10. The Morgan fingerprint density at radius 2 is 1.56 bits per heavy atom. The van der Waals surface area contributed by atoms with Gasteiger partial charge in [-0.15, -0.1) is 0 Å². The van der Waals surface area contributed by atoms with E-state index in [9.17, 15) is 13.6 Å². The molecule has 0 radical (unpaired) electrons. The summed E-state index contributed by atoms with van der Waals surface area (Å²) in [6, 6.07) is 2.06. The number of amides is 2. The summed E-state index contributed by atoms with van der Waals surface area (Å²) in [6.07, 6.45) is 4.45. The van der Waals surface area contributed by atoms with Crippen LogP contribution in [0.4, 0.5) is 25.0 Å². The minimum absolute atomic E-state index is 0.00273. The van der Waals surface area contributed by atoms with Gasteiger partial charge in [0.05, 0.1) is 23.8 Å². The maximum atomic E-state index is 13.1. The number of halogens is 2. The number of aryl methyl sites for hydroxylation is 1. The van der Waals surface area contributed by atoms with Crippen LogP contribution >= 0.6 is 0 Å². The topological polar surface area (TPSA) is 84.7 Å². The Morgan fingerprint density at radius 1 is 0.960 bits per heavy atom. The van der Waals surface area contributed by atoms with Gasteiger partial charge in [0.15, 0.2) is 0 Å². The van der Waals surface area contributed by atoms with E-state index in [1.54, 1.807) is 10.9 Å². The Balaban J connectivity index is 1.68. The lowest BCUT2D eigenvalue weighted by Crippen LogP contribution is -2.20. The summed E-state index contributed by atoms with van der Waals surface area (Å²) in [5, 5.41) is 4.81. The largest absolute Gasteiger partial charge is 0.323 e. The first-order chi connectivity index (χ1) is 11.9. The molecule has 0 aliphatic rings. The summed E-state index contributed by atoms with van der Waals surface area (Å²) in [5.74, 6) is -1.15. The molecule has 0 saturated heterocycles. The van der Waals surface area contributed by atoms with E-state index in [2.05, 4.69) is 25.6 Å². The minimum Gasteiger partial charge on any atom is -0.308 e. The van der Waals surface area contributed by atoms with Crippen molar-refractivity contribution in [3.63, 3.8) is 0 Å². The zero-order valence-electron chi connectivity index (χ0n) is 13.4. The van der Waals surface area contributed by atoms with E-state index >= 15 is 0 Å². The molecule has 0 fully saturated rings. The zero-order valence-corrected chi connectivity index (χ0v) is 13.4. The molecular formula is C16H14F2N6O. The van der Waals surface area contributed by atoms with Gasteiger partial charge in [-0.25, -0.2) is 28.5 Å². The smallest absolute Gasteiger partial charge is 0.308 e. The van der Waals surface area contributed by atoms with Crippen LogP contribution in [0, 0.1) is 25.5 Å². The molecule has 3 rings (SSSR count). The van der Waals surface area contributed by atoms with Crippen molar-refractivity contribution in [3.8, 4) is 5.95 Å². The SMILES string of the molecule is Cc1ncn(-c2ncc(NC(=O)Nc3cc(F)cc(F)c3)cn2)c1C. The van der Waals surface area contributed by atoms with Crippen molar-refractivity contribution in [2.45, 2.75) is 13.8 Å². The minimum atomic E-state index is -0.783. The van der Waals surface area contributed by atoms with Crippen molar-refractivity contribution >= 4 is 17.4 Å². The normalized spacial score (nSPS) is 10.6. The standard InChI is InChI=1S/C16H14F2N6O/c1-9-10(2)24(8-21-9)15-19-6-14(7-20-15)23-16(25)22-13-4-11(17)3-12(18)5-13/h3-8H,1-2H3,(H2,22,23,25). The monoisotopic (exact) mass is 344 g/mol. The third-order valence-corrected chi connectivity index (χ3v) is 3.48. The zero-order chi connectivity index (χ0) is 18.0. The third-order valence-electron chi connectivity index (χ3n) is 3.48. The molecule has 2 heterocycles. The van der Waals surface area contributed by atoms with E-state index in [1.807, 2.05) is 13.8 Å². The summed E-state index contributed by atoms with van der Waals surface area (Å²) in [7, 11) is 0. The summed E-state index contributed by atoms with van der Waals surface area (Å²) >= 11 is 0. The number of nitrogens with one attached hydrogen (secondary N) is 2. The fourth-order valence-corrected chi connectivity index (χ4v) is 2.13. The summed E-state index contributed by atoms with van der Waals surface area (Å²) in [6.45, 7) is 3.77. The number of urea groups is 1. The van der Waals surface area contributed by atoms with Crippen LogP contribution < -0.4 is 10.6 Å². The van der Waals surface area contributed by atoms with Crippen LogP contribution in [0.5, 0.6) is 0 Å². The van der Waals surface area contributed by atoms with Crippen molar-refractivity contribution in [2.24, 2.45) is 0 Å². The van der Waals surface area contributed by atoms with Gasteiger partial charge < -0.3 is 10.6 Å². The first-order valence-electron chi connectivity index (χ1n) is 7.29. The van der Waals surface area contributed by atoms with Crippen LogP contribution in [0.15, 0.2) is 36.9 Å². The van der Waals surface area contributed by atoms with E-state index in [1.165, 1.54) is 12.4 Å².